The van der Waals surface area contributed by atoms with Gasteiger partial charge in [-0.05, 0) is 91.5 Å². The molecule has 1 aromatic heterocycles. The van der Waals surface area contributed by atoms with Crippen molar-refractivity contribution in [3.63, 3.8) is 0 Å². The third kappa shape index (κ3) is 7.13. The zero-order valence-corrected chi connectivity index (χ0v) is 20.4. The molecule has 0 unspecified atom stereocenters. The number of unbranched alkanes of at least 4 members (excludes halogenated alkanes) is 1. The van der Waals surface area contributed by atoms with Crippen molar-refractivity contribution in [2.75, 3.05) is 25.0 Å². The van der Waals surface area contributed by atoms with E-state index in [9.17, 15) is 4.79 Å². The van der Waals surface area contributed by atoms with E-state index in [4.69, 9.17) is 0 Å². The summed E-state index contributed by atoms with van der Waals surface area (Å²) in [5.74, 6) is 0.625. The van der Waals surface area contributed by atoms with Crippen LogP contribution in [0.2, 0.25) is 0 Å². The summed E-state index contributed by atoms with van der Waals surface area (Å²) in [6, 6.07) is 12.0. The fraction of sp³-hybridized carbons (Fsp3) is 0.391. The molecular weight excluding hydrogens is 470 g/mol. The molecule has 0 aliphatic heterocycles. The first-order chi connectivity index (χ1) is 15.4. The van der Waals surface area contributed by atoms with Crippen molar-refractivity contribution >= 4 is 27.6 Å². The molecule has 32 heavy (non-hydrogen) atoms. The van der Waals surface area contributed by atoms with Crippen LogP contribution < -0.4 is 16.0 Å². The van der Waals surface area contributed by atoms with Gasteiger partial charge in [0.2, 0.25) is 0 Å². The maximum Gasteiger partial charge on any atom is 0.319 e. The van der Waals surface area contributed by atoms with Gasteiger partial charge in [0.25, 0.3) is 0 Å². The summed E-state index contributed by atoms with van der Waals surface area (Å²) in [6.07, 6.45) is 2.95. The van der Waals surface area contributed by atoms with Crippen molar-refractivity contribution in [2.24, 2.45) is 7.05 Å². The quantitative estimate of drug-likeness (QED) is 0.366. The van der Waals surface area contributed by atoms with Crippen LogP contribution >= 0.6 is 15.9 Å². The zero-order chi connectivity index (χ0) is 22.9. The number of tetrazole rings is 1. The van der Waals surface area contributed by atoms with Gasteiger partial charge in [-0.25, -0.2) is 9.48 Å². The Morgan fingerprint density at radius 2 is 1.84 bits per heavy atom. The molecule has 9 heteroatoms. The fourth-order valence-corrected chi connectivity index (χ4v) is 3.83. The lowest BCUT2D eigenvalue weighted by molar-refractivity contribution is 0.252. The molecule has 0 radical (unpaired) electrons. The average molecular weight is 500 g/mol. The van der Waals surface area contributed by atoms with E-state index < -0.39 is 0 Å². The molecule has 0 fully saturated rings. The number of amides is 2. The van der Waals surface area contributed by atoms with Gasteiger partial charge in [0.05, 0.1) is 0 Å². The van der Waals surface area contributed by atoms with E-state index in [1.807, 2.05) is 18.2 Å². The Balaban J connectivity index is 1.32. The molecule has 3 aromatic rings. The molecule has 3 N–H and O–H groups in total. The van der Waals surface area contributed by atoms with Gasteiger partial charge >= 0.3 is 6.03 Å². The highest BCUT2D eigenvalue weighted by Crippen LogP contribution is 2.25. The number of carbonyl (C=O) groups excluding carboxylic acids is 1. The third-order valence-corrected chi connectivity index (χ3v) is 5.72. The number of halogens is 1. The summed E-state index contributed by atoms with van der Waals surface area (Å²) < 4.78 is 2.42. The molecule has 0 aliphatic rings. The van der Waals surface area contributed by atoms with E-state index in [2.05, 4.69) is 79.5 Å². The molecular formula is C23H30BrN7O. The molecule has 8 nitrogen and oxygen atoms in total. The van der Waals surface area contributed by atoms with Gasteiger partial charge in [-0.2, -0.15) is 0 Å². The van der Waals surface area contributed by atoms with Crippen LogP contribution in [0, 0.1) is 13.8 Å². The first-order valence-corrected chi connectivity index (χ1v) is 11.6. The normalized spacial score (nSPS) is 10.9. The van der Waals surface area contributed by atoms with Crippen LogP contribution in [0.15, 0.2) is 40.9 Å². The van der Waals surface area contributed by atoms with E-state index >= 15 is 0 Å². The van der Waals surface area contributed by atoms with Crippen LogP contribution in [0.4, 0.5) is 10.5 Å². The molecule has 0 bridgehead atoms. The topological polar surface area (TPSA) is 96.8 Å². The van der Waals surface area contributed by atoms with Crippen LogP contribution in [0.25, 0.3) is 11.4 Å². The lowest BCUT2D eigenvalue weighted by Gasteiger charge is -2.10. The Labute approximate surface area is 197 Å². The van der Waals surface area contributed by atoms with E-state index in [1.165, 1.54) is 16.7 Å². The zero-order valence-electron chi connectivity index (χ0n) is 18.8. The molecule has 3 rings (SSSR count). The standard InChI is InChI=1S/C23H30BrN7O/c1-16-6-7-18(12-17(16)2)8-11-25-9-4-5-10-26-23(32)27-21-14-19(13-20(24)15-21)22-28-29-30-31(22)3/h6-7,12-15,25H,4-5,8-11H2,1-3H3,(H2,26,27,32). The van der Waals surface area contributed by atoms with Gasteiger partial charge in [0.1, 0.15) is 0 Å². The highest BCUT2D eigenvalue weighted by Gasteiger charge is 2.10. The minimum atomic E-state index is -0.229. The SMILES string of the molecule is Cc1ccc(CCNCCCCNC(=O)Nc2cc(Br)cc(-c3nnnn3C)c2)cc1C. The molecule has 0 saturated carbocycles. The number of hydrogen-bond acceptors (Lipinski definition) is 5. The maximum absolute atomic E-state index is 12.2. The van der Waals surface area contributed by atoms with E-state index in [0.29, 0.717) is 18.1 Å². The Morgan fingerprint density at radius 1 is 1.03 bits per heavy atom. The van der Waals surface area contributed by atoms with Crippen molar-refractivity contribution < 1.29 is 4.79 Å². The van der Waals surface area contributed by atoms with Crippen molar-refractivity contribution in [2.45, 2.75) is 33.1 Å². The molecule has 1 heterocycles. The van der Waals surface area contributed by atoms with Crippen LogP contribution in [-0.2, 0) is 13.5 Å². The second kappa shape index (κ2) is 11.7. The Hall–Kier alpha value is -2.78. The van der Waals surface area contributed by atoms with E-state index in [-0.39, 0.29) is 6.03 Å². The third-order valence-electron chi connectivity index (χ3n) is 5.26. The summed E-state index contributed by atoms with van der Waals surface area (Å²) in [4.78, 5) is 12.2. The minimum absolute atomic E-state index is 0.229. The van der Waals surface area contributed by atoms with Crippen molar-refractivity contribution in [3.05, 3.63) is 57.6 Å². The summed E-state index contributed by atoms with van der Waals surface area (Å²) >= 11 is 3.47. The Kier molecular flexibility index (Phi) is 8.75. The maximum atomic E-state index is 12.2. The van der Waals surface area contributed by atoms with Gasteiger partial charge in [0, 0.05) is 29.3 Å². The summed E-state index contributed by atoms with van der Waals surface area (Å²) in [5, 5.41) is 20.8. The van der Waals surface area contributed by atoms with E-state index in [0.717, 1.165) is 42.4 Å². The summed E-state index contributed by atoms with van der Waals surface area (Å²) in [5.41, 5.74) is 5.53. The predicted octanol–water partition coefficient (Wildman–Crippen LogP) is 3.99. The fourth-order valence-electron chi connectivity index (χ4n) is 3.33. The Morgan fingerprint density at radius 3 is 2.59 bits per heavy atom. The van der Waals surface area contributed by atoms with Crippen molar-refractivity contribution in [1.29, 1.82) is 0 Å². The number of anilines is 1. The average Bonchev–Trinajstić information content (AvgIpc) is 3.18. The highest BCUT2D eigenvalue weighted by molar-refractivity contribution is 9.10. The summed E-state index contributed by atoms with van der Waals surface area (Å²) in [7, 11) is 1.77. The Bertz CT molecular complexity index is 1050. The van der Waals surface area contributed by atoms with Crippen LogP contribution in [0.3, 0.4) is 0 Å². The van der Waals surface area contributed by atoms with Gasteiger partial charge in [-0.1, -0.05) is 34.1 Å². The van der Waals surface area contributed by atoms with Crippen molar-refractivity contribution in [3.8, 4) is 11.4 Å². The lowest BCUT2D eigenvalue weighted by atomic mass is 10.0. The first kappa shape index (κ1) is 23.9. The van der Waals surface area contributed by atoms with Gasteiger partial charge in [-0.15, -0.1) is 5.10 Å². The molecule has 2 aromatic carbocycles. The number of nitrogens with one attached hydrogen (secondary N) is 3. The first-order valence-electron chi connectivity index (χ1n) is 10.8. The second-order valence-electron chi connectivity index (χ2n) is 7.86. The second-order valence-corrected chi connectivity index (χ2v) is 8.78. The number of nitrogens with zero attached hydrogens (tertiary/aromatic N) is 4. The highest BCUT2D eigenvalue weighted by atomic mass is 79.9. The molecule has 0 spiro atoms. The van der Waals surface area contributed by atoms with Crippen LogP contribution in [0.5, 0.6) is 0 Å². The minimum Gasteiger partial charge on any atom is -0.338 e. The number of carbonyl (C=O) groups is 1. The number of benzene rings is 2. The molecule has 0 aliphatic carbocycles. The van der Waals surface area contributed by atoms with Gasteiger partial charge in [0.15, 0.2) is 5.82 Å². The van der Waals surface area contributed by atoms with Crippen LogP contribution in [-0.4, -0.2) is 45.9 Å². The monoisotopic (exact) mass is 499 g/mol. The van der Waals surface area contributed by atoms with Gasteiger partial charge in [-0.3, -0.25) is 0 Å². The molecule has 2 amide bonds. The number of aryl methyl sites for hydroxylation is 3. The van der Waals surface area contributed by atoms with Crippen molar-refractivity contribution in [1.82, 2.24) is 30.8 Å². The predicted molar refractivity (Wildman–Crippen MR) is 131 cm³/mol. The molecule has 0 atom stereocenters. The lowest BCUT2D eigenvalue weighted by Crippen LogP contribution is -2.30. The number of rotatable bonds is 10. The van der Waals surface area contributed by atoms with Crippen LogP contribution in [0.1, 0.15) is 29.5 Å². The largest absolute Gasteiger partial charge is 0.338 e. The van der Waals surface area contributed by atoms with E-state index in [1.54, 1.807) is 11.7 Å². The number of hydrogen-bond donors (Lipinski definition) is 3. The molecule has 170 valence electrons. The summed E-state index contributed by atoms with van der Waals surface area (Å²) in [6.45, 7) is 6.82. The smallest absolute Gasteiger partial charge is 0.319 e. The van der Waals surface area contributed by atoms with Gasteiger partial charge < -0.3 is 16.0 Å². The number of urea groups is 1. The molecule has 0 saturated heterocycles. The number of aromatic nitrogens is 4.